The molecule has 496 valence electrons. The van der Waals surface area contributed by atoms with Crippen LogP contribution >= 0.6 is 56.7 Å². The molecule has 0 atom stereocenters. The molecule has 0 N–H and O–H groups in total. The van der Waals surface area contributed by atoms with Gasteiger partial charge in [0.25, 0.3) is 10.8 Å². The molecule has 20 nitrogen and oxygen atoms in total. The van der Waals surface area contributed by atoms with Gasteiger partial charge in [-0.05, 0) is 103 Å². The molecule has 0 radical (unpaired) electrons. The summed E-state index contributed by atoms with van der Waals surface area (Å²) in [6.07, 6.45) is 27.6. The van der Waals surface area contributed by atoms with Crippen molar-refractivity contribution in [3.8, 4) is 59.4 Å². The van der Waals surface area contributed by atoms with Gasteiger partial charge in [-0.1, -0.05) is 74.9 Å². The molecular formula is C79H54N19OS5+5. The zero-order valence-electron chi connectivity index (χ0n) is 60.7. The van der Waals surface area contributed by atoms with Crippen molar-refractivity contribution in [2.24, 2.45) is 21.0 Å². The molecular weight excluding hydrogens is 1390 g/mol. The number of fused-ring (bicyclic) bond motifs is 35. The van der Waals surface area contributed by atoms with Crippen molar-refractivity contribution in [1.29, 1.82) is 0 Å². The highest BCUT2D eigenvalue weighted by Gasteiger charge is 2.40. The van der Waals surface area contributed by atoms with Crippen LogP contribution in [0.5, 0.6) is 0 Å². The molecule has 0 aliphatic carbocycles. The van der Waals surface area contributed by atoms with E-state index in [4.69, 9.17) is 12.6 Å². The van der Waals surface area contributed by atoms with E-state index in [0.29, 0.717) is 24.4 Å². The Morgan fingerprint density at radius 3 is 1.49 bits per heavy atom. The monoisotopic (exact) mass is 1450 g/mol. The minimum Gasteiger partial charge on any atom is -0.402 e. The summed E-state index contributed by atoms with van der Waals surface area (Å²) in [5.41, 5.74) is 25.9. The summed E-state index contributed by atoms with van der Waals surface area (Å²) >= 11 is 8.37. The molecule has 0 saturated heterocycles. The van der Waals surface area contributed by atoms with Crippen molar-refractivity contribution in [1.82, 2.24) is 68.1 Å². The van der Waals surface area contributed by atoms with Crippen molar-refractivity contribution in [3.63, 3.8) is 0 Å². The Bertz CT molecular complexity index is 7440. The van der Waals surface area contributed by atoms with E-state index in [1.165, 1.54) is 101 Å². The minimum absolute atomic E-state index is 0.651. The van der Waals surface area contributed by atoms with Crippen LogP contribution in [0.25, 0.3) is 166 Å². The second kappa shape index (κ2) is 22.9. The predicted octanol–water partition coefficient (Wildman–Crippen LogP) is 14.2. The van der Waals surface area contributed by atoms with Gasteiger partial charge in [0.2, 0.25) is 4.83 Å². The number of pyridine rings is 10. The number of para-hydroxylation sites is 1. The lowest BCUT2D eigenvalue weighted by molar-refractivity contribution is -0.648. The minimum atomic E-state index is -2.25. The summed E-state index contributed by atoms with van der Waals surface area (Å²) in [6, 6.07) is 40.4. The highest BCUT2D eigenvalue weighted by atomic mass is 32.1. The van der Waals surface area contributed by atoms with E-state index < -0.39 is 14.0 Å². The Hall–Kier alpha value is -12.1. The predicted molar refractivity (Wildman–Crippen MR) is 407 cm³/mol. The summed E-state index contributed by atoms with van der Waals surface area (Å²) in [6.45, 7) is -0.511. The van der Waals surface area contributed by atoms with Gasteiger partial charge >= 0.3 is 22.7 Å². The van der Waals surface area contributed by atoms with E-state index >= 15 is 0 Å². The summed E-state index contributed by atoms with van der Waals surface area (Å²) in [7, 11) is 2.12. The molecule has 0 bridgehead atoms. The van der Waals surface area contributed by atoms with E-state index in [1.807, 2.05) is 139 Å². The molecule has 25 heteroatoms. The lowest BCUT2D eigenvalue weighted by Crippen LogP contribution is -2.32. The Kier molecular flexibility index (Phi) is 11.8. The van der Waals surface area contributed by atoms with Gasteiger partial charge in [-0.2, -0.15) is 4.57 Å². The van der Waals surface area contributed by atoms with Gasteiger partial charge in [0.1, 0.15) is 58.8 Å². The molecule has 5 aliphatic heterocycles. The number of aryl methyl sites for hydroxylation is 3. The Morgan fingerprint density at radius 2 is 0.894 bits per heavy atom. The number of nitrogens with zero attached hydrogens (tertiary/aromatic N) is 19. The van der Waals surface area contributed by atoms with E-state index in [0.717, 1.165) is 122 Å². The van der Waals surface area contributed by atoms with Crippen LogP contribution in [0.3, 0.4) is 0 Å². The molecule has 21 aromatic rings. The number of thiophene rings is 1. The maximum Gasteiger partial charge on any atom is 0.395 e. The van der Waals surface area contributed by atoms with Gasteiger partial charge in [-0.3, -0.25) is 44.9 Å². The van der Waals surface area contributed by atoms with Crippen molar-refractivity contribution in [2.45, 2.75) is 32.7 Å². The van der Waals surface area contributed by atoms with Crippen LogP contribution in [0.2, 0.25) is 0 Å². The molecule has 0 spiro atoms. The van der Waals surface area contributed by atoms with E-state index in [-0.39, 0.29) is 0 Å². The molecule has 1 aromatic carbocycles. The number of benzene rings is 1. The number of imidazole rings is 1. The zero-order chi connectivity index (χ0) is 73.6. The molecule has 20 aromatic heterocycles. The van der Waals surface area contributed by atoms with Gasteiger partial charge in [-0.25, -0.2) is 37.0 Å². The normalized spacial score (nSPS) is 14.0. The SMILES string of the molecule is Cn1c2cccnc2c2sc3[n+](c21)Cc1ccncc1-3.[2H]C([2H])([2H])[n+]1c2n(c3c4cccnc4sc31)Cc1ccncc1-2.[2H]C([2H])([2H])n1c2cccnc2c2sc3[n+](c21)Cc1ccncc1-3.c1ccc(-n2c3cccnc3c3sc4[n+](c32)Cc2ccncc2-4)cc1.c1cnc2c(c1)oc1c2sc2[n+]1Cc1ccncc1-2. The molecule has 5 aliphatic rings. The van der Waals surface area contributed by atoms with Crippen LogP contribution in [0.4, 0.5) is 0 Å². The average molecular weight is 1450 g/mol. The van der Waals surface area contributed by atoms with E-state index in [1.54, 1.807) is 59.7 Å². The zero-order valence-corrected chi connectivity index (χ0v) is 58.8. The first-order valence-corrected chi connectivity index (χ1v) is 37.5. The topological polar surface area (TPSA) is 181 Å². The first-order valence-electron chi connectivity index (χ1n) is 36.4. The second-order valence-electron chi connectivity index (χ2n) is 25.7. The first-order chi connectivity index (χ1) is 53.8. The average Bonchev–Trinajstić information content (AvgIpc) is 1.54. The largest absolute Gasteiger partial charge is 0.402 e. The van der Waals surface area contributed by atoms with Crippen molar-refractivity contribution >= 4 is 163 Å². The van der Waals surface area contributed by atoms with E-state index in [2.05, 4.69) is 150 Å². The second-order valence-corrected chi connectivity index (χ2v) is 30.7. The molecule has 0 unspecified atom stereocenters. The van der Waals surface area contributed by atoms with Crippen molar-refractivity contribution in [3.05, 3.63) is 242 Å². The van der Waals surface area contributed by atoms with Crippen LogP contribution < -0.4 is 22.8 Å². The van der Waals surface area contributed by atoms with Gasteiger partial charge in [0, 0.05) is 121 Å². The molecule has 0 fully saturated rings. The Morgan fingerprint density at radius 1 is 0.423 bits per heavy atom. The van der Waals surface area contributed by atoms with Crippen LogP contribution in [0.15, 0.2) is 219 Å². The van der Waals surface area contributed by atoms with Gasteiger partial charge in [-0.15, -0.1) is 4.57 Å². The molecule has 25 heterocycles. The van der Waals surface area contributed by atoms with Crippen molar-refractivity contribution < 1.29 is 35.5 Å². The first kappa shape index (κ1) is 53.7. The fourth-order valence-electron chi connectivity index (χ4n) is 15.5. The number of thiazole rings is 4. The Labute approximate surface area is 617 Å². The highest BCUT2D eigenvalue weighted by Crippen LogP contribution is 2.45. The smallest absolute Gasteiger partial charge is 0.395 e. The number of furan rings is 1. The van der Waals surface area contributed by atoms with Gasteiger partial charge < -0.3 is 4.42 Å². The molecule has 0 saturated carbocycles. The van der Waals surface area contributed by atoms with Crippen LogP contribution in [-0.2, 0) is 53.7 Å². The van der Waals surface area contributed by atoms with Crippen LogP contribution in [-0.4, -0.2) is 68.1 Å². The maximum atomic E-state index is 8.00. The third-order valence-electron chi connectivity index (χ3n) is 20.1. The quantitative estimate of drug-likeness (QED) is 0.143. The number of hydrogen-bond acceptors (Lipinski definition) is 16. The number of rotatable bonds is 1. The molecule has 26 rings (SSSR count). The maximum absolute atomic E-state index is 8.00. The fraction of sp³-hybridized carbons (Fsp3) is 0.101. The lowest BCUT2D eigenvalue weighted by atomic mass is 10.2. The third-order valence-corrected chi connectivity index (χ3v) is 26.0. The van der Waals surface area contributed by atoms with Gasteiger partial charge in [0.05, 0.1) is 62.4 Å². The third kappa shape index (κ3) is 8.69. The molecule has 104 heavy (non-hydrogen) atoms. The summed E-state index contributed by atoms with van der Waals surface area (Å²) < 4.78 is 77.0. The van der Waals surface area contributed by atoms with Crippen LogP contribution in [0, 0.1) is 0 Å². The number of aromatic nitrogens is 19. The van der Waals surface area contributed by atoms with E-state index in [9.17, 15) is 0 Å². The summed E-state index contributed by atoms with van der Waals surface area (Å²) in [4.78, 5) is 45.3. The van der Waals surface area contributed by atoms with Crippen LogP contribution in [0.1, 0.15) is 36.0 Å². The van der Waals surface area contributed by atoms with Crippen molar-refractivity contribution in [2.75, 3.05) is 0 Å². The summed E-state index contributed by atoms with van der Waals surface area (Å²) in [5, 5.41) is 5.82. The number of hydrogen-bond donors (Lipinski definition) is 0. The standard InChI is InChI=1S/C20H13N4S.3C15H11N4S.C14H8N3OS/c1-2-5-14(6-3-1)24-16-7-4-9-22-17(16)18-19(24)23-12-13-8-10-21-11-15(13)20(23)25-18;2*1-18-11-3-2-5-17-12(11)13-14(18)19-8-9-4-6-16-7-10(9)15(19)20-13;1-18-14-11-7-16-6-4-9(11)8-19(14)12-10-3-2-5-17-13(10)20-15(12)18;1-2-10-11(16-4-1)12-13(18-10)17-7-8-3-5-15-6-9(8)14(17)19-12/h1-11H,12H2;3*2-7H,8H2,1H3;1-6H,7H2/q5*+1/i;1D3;;1D3;. The fourth-order valence-corrected chi connectivity index (χ4v) is 21.7. The highest BCUT2D eigenvalue weighted by molar-refractivity contribution is 7.25. The Balaban J connectivity index is 0.0000000850. The molecule has 0 amide bonds. The summed E-state index contributed by atoms with van der Waals surface area (Å²) in [5.74, 6) is 0.708. The lowest BCUT2D eigenvalue weighted by Gasteiger charge is -2.00. The van der Waals surface area contributed by atoms with Gasteiger partial charge in [0.15, 0.2) is 68.0 Å².